The monoisotopic (exact) mass is 306 g/mol. The predicted molar refractivity (Wildman–Crippen MR) is 66.9 cm³/mol. The Morgan fingerprint density at radius 3 is 2.00 bits per heavy atom. The smallest absolute Gasteiger partial charge is 0.298 e. The SMILES string of the molecule is O=Cc1cccc2ccccc12.O=S(=O)(O)C(F)(F)F. The van der Waals surface area contributed by atoms with Crippen LogP contribution in [0.4, 0.5) is 13.2 Å². The van der Waals surface area contributed by atoms with E-state index in [1.807, 2.05) is 42.5 Å². The molecule has 0 aliphatic heterocycles. The van der Waals surface area contributed by atoms with Crippen LogP contribution in [0.5, 0.6) is 0 Å². The zero-order valence-corrected chi connectivity index (χ0v) is 10.6. The van der Waals surface area contributed by atoms with Crippen LogP contribution < -0.4 is 0 Å². The first-order valence-corrected chi connectivity index (χ1v) is 6.57. The van der Waals surface area contributed by atoms with Gasteiger partial charge in [-0.3, -0.25) is 9.35 Å². The van der Waals surface area contributed by atoms with Gasteiger partial charge in [-0.25, -0.2) is 0 Å². The van der Waals surface area contributed by atoms with Crippen LogP contribution in [0.2, 0.25) is 0 Å². The highest BCUT2D eigenvalue weighted by atomic mass is 32.2. The Balaban J connectivity index is 0.000000221. The highest BCUT2D eigenvalue weighted by molar-refractivity contribution is 7.86. The lowest BCUT2D eigenvalue weighted by molar-refractivity contribution is -0.0510. The Kier molecular flexibility index (Phi) is 4.85. The number of halogens is 3. The number of carbonyl (C=O) groups is 1. The number of fused-ring (bicyclic) bond motifs is 1. The van der Waals surface area contributed by atoms with Crippen LogP contribution in [0.15, 0.2) is 42.5 Å². The van der Waals surface area contributed by atoms with E-state index in [-0.39, 0.29) is 0 Å². The Morgan fingerprint density at radius 2 is 1.50 bits per heavy atom. The molecule has 2 aromatic carbocycles. The Morgan fingerprint density at radius 1 is 1.00 bits per heavy atom. The number of aldehydes is 1. The zero-order chi connectivity index (χ0) is 15.4. The summed E-state index contributed by atoms with van der Waals surface area (Å²) in [4.78, 5) is 10.6. The molecule has 0 unspecified atom stereocenters. The Labute approximate surface area is 112 Å². The number of benzene rings is 2. The van der Waals surface area contributed by atoms with Crippen molar-refractivity contribution in [2.45, 2.75) is 5.51 Å². The van der Waals surface area contributed by atoms with E-state index < -0.39 is 15.6 Å². The number of hydrogen-bond donors (Lipinski definition) is 1. The Hall–Kier alpha value is -1.93. The quantitative estimate of drug-likeness (QED) is 0.499. The molecule has 1 N–H and O–H groups in total. The maximum atomic E-state index is 10.7. The third-order valence-electron chi connectivity index (χ3n) is 2.24. The molecule has 0 atom stereocenters. The fraction of sp³-hybridized carbons (Fsp3) is 0.0833. The van der Waals surface area contributed by atoms with Crippen molar-refractivity contribution in [3.63, 3.8) is 0 Å². The lowest BCUT2D eigenvalue weighted by Gasteiger charge is -1.98. The normalized spacial score (nSPS) is 11.6. The molecule has 0 bridgehead atoms. The molecule has 0 amide bonds. The molecule has 108 valence electrons. The molecule has 0 saturated heterocycles. The average Bonchev–Trinajstić information content (AvgIpc) is 2.36. The molecule has 0 spiro atoms. The van der Waals surface area contributed by atoms with Gasteiger partial charge in [-0.15, -0.1) is 0 Å². The summed E-state index contributed by atoms with van der Waals surface area (Å²) in [6, 6.07) is 13.6. The van der Waals surface area contributed by atoms with Gasteiger partial charge < -0.3 is 0 Å². The predicted octanol–water partition coefficient (Wildman–Crippen LogP) is 3.05. The molecule has 8 heteroatoms. The summed E-state index contributed by atoms with van der Waals surface area (Å²) >= 11 is 0. The molecule has 20 heavy (non-hydrogen) atoms. The van der Waals surface area contributed by atoms with E-state index in [0.717, 1.165) is 22.6 Å². The summed E-state index contributed by atoms with van der Waals surface area (Å²) < 4.78 is 57.5. The van der Waals surface area contributed by atoms with Crippen LogP contribution in [0, 0.1) is 0 Å². The van der Waals surface area contributed by atoms with Gasteiger partial charge in [-0.2, -0.15) is 21.6 Å². The second-order valence-corrected chi connectivity index (χ2v) is 5.02. The van der Waals surface area contributed by atoms with Crippen molar-refractivity contribution in [3.05, 3.63) is 48.0 Å². The van der Waals surface area contributed by atoms with Gasteiger partial charge in [0.05, 0.1) is 0 Å². The first-order chi connectivity index (χ1) is 9.17. The zero-order valence-electron chi connectivity index (χ0n) is 9.83. The summed E-state index contributed by atoms with van der Waals surface area (Å²) in [7, 11) is -5.84. The highest BCUT2D eigenvalue weighted by Crippen LogP contribution is 2.20. The van der Waals surface area contributed by atoms with E-state index in [1.54, 1.807) is 0 Å². The second-order valence-electron chi connectivity index (χ2n) is 3.61. The van der Waals surface area contributed by atoms with Gasteiger partial charge in [0.15, 0.2) is 6.29 Å². The minimum absolute atomic E-state index is 0.758. The molecule has 0 aromatic heterocycles. The minimum atomic E-state index is -5.84. The van der Waals surface area contributed by atoms with Crippen molar-refractivity contribution in [2.24, 2.45) is 0 Å². The van der Waals surface area contributed by atoms with Crippen LogP contribution in [-0.4, -0.2) is 24.8 Å². The molecule has 0 aliphatic carbocycles. The lowest BCUT2D eigenvalue weighted by Crippen LogP contribution is -2.21. The van der Waals surface area contributed by atoms with Gasteiger partial charge >= 0.3 is 15.6 Å². The van der Waals surface area contributed by atoms with E-state index in [2.05, 4.69) is 0 Å². The van der Waals surface area contributed by atoms with Gasteiger partial charge in [-0.1, -0.05) is 42.5 Å². The van der Waals surface area contributed by atoms with Crippen molar-refractivity contribution in [1.29, 1.82) is 0 Å². The van der Waals surface area contributed by atoms with E-state index >= 15 is 0 Å². The molecule has 2 aromatic rings. The van der Waals surface area contributed by atoms with Gasteiger partial charge in [0.25, 0.3) is 0 Å². The number of rotatable bonds is 1. The van der Waals surface area contributed by atoms with E-state index in [0.29, 0.717) is 0 Å². The topological polar surface area (TPSA) is 71.4 Å². The van der Waals surface area contributed by atoms with Crippen LogP contribution in [0.3, 0.4) is 0 Å². The summed E-state index contributed by atoms with van der Waals surface area (Å²) in [6.45, 7) is 0. The summed E-state index contributed by atoms with van der Waals surface area (Å²) in [6.07, 6.45) is 0.891. The number of hydrogen-bond acceptors (Lipinski definition) is 3. The highest BCUT2D eigenvalue weighted by Gasteiger charge is 2.44. The standard InChI is InChI=1S/C11H8O.CHF3O3S/c12-8-10-6-3-5-9-4-1-2-7-11(9)10;2-1(3,4)8(5,6)7/h1-8H;(H,5,6,7). The first kappa shape index (κ1) is 16.1. The number of alkyl halides is 3. The summed E-state index contributed by atoms with van der Waals surface area (Å²) in [5.41, 5.74) is -4.78. The molecule has 0 saturated carbocycles. The Bertz CT molecular complexity index is 703. The van der Waals surface area contributed by atoms with Crippen LogP contribution in [0.25, 0.3) is 10.8 Å². The van der Waals surface area contributed by atoms with Crippen molar-refractivity contribution in [2.75, 3.05) is 0 Å². The van der Waals surface area contributed by atoms with Gasteiger partial charge in [0.1, 0.15) is 0 Å². The van der Waals surface area contributed by atoms with Crippen molar-refractivity contribution < 1.29 is 30.9 Å². The molecule has 0 fully saturated rings. The molecule has 0 aliphatic rings. The van der Waals surface area contributed by atoms with Gasteiger partial charge in [-0.05, 0) is 10.8 Å². The lowest BCUT2D eigenvalue weighted by atomic mass is 10.1. The maximum Gasteiger partial charge on any atom is 0.522 e. The molecule has 0 heterocycles. The largest absolute Gasteiger partial charge is 0.522 e. The third kappa shape index (κ3) is 4.04. The van der Waals surface area contributed by atoms with Crippen LogP contribution in [0.1, 0.15) is 10.4 Å². The molecular formula is C12H9F3O4S. The minimum Gasteiger partial charge on any atom is -0.298 e. The van der Waals surface area contributed by atoms with E-state index in [1.165, 1.54) is 0 Å². The molecular weight excluding hydrogens is 297 g/mol. The first-order valence-electron chi connectivity index (χ1n) is 5.13. The fourth-order valence-corrected chi connectivity index (χ4v) is 1.35. The van der Waals surface area contributed by atoms with Gasteiger partial charge in [0, 0.05) is 5.56 Å². The maximum absolute atomic E-state index is 10.7. The van der Waals surface area contributed by atoms with E-state index in [9.17, 15) is 18.0 Å². The van der Waals surface area contributed by atoms with Crippen molar-refractivity contribution in [1.82, 2.24) is 0 Å². The molecule has 4 nitrogen and oxygen atoms in total. The van der Waals surface area contributed by atoms with Crippen LogP contribution >= 0.6 is 0 Å². The van der Waals surface area contributed by atoms with Crippen LogP contribution in [-0.2, 0) is 10.1 Å². The van der Waals surface area contributed by atoms with Crippen molar-refractivity contribution in [3.8, 4) is 0 Å². The number of carbonyl (C=O) groups excluding carboxylic acids is 1. The third-order valence-corrected chi connectivity index (χ3v) is 2.83. The summed E-state index contributed by atoms with van der Waals surface area (Å²) in [5.74, 6) is 0. The summed E-state index contributed by atoms with van der Waals surface area (Å²) in [5, 5.41) is 2.14. The van der Waals surface area contributed by atoms with Gasteiger partial charge in [0.2, 0.25) is 0 Å². The van der Waals surface area contributed by atoms with E-state index in [4.69, 9.17) is 13.0 Å². The molecule has 0 radical (unpaired) electrons. The second kappa shape index (κ2) is 6.02. The van der Waals surface area contributed by atoms with Crippen molar-refractivity contribution >= 4 is 27.2 Å². The molecule has 2 rings (SSSR count). The average molecular weight is 306 g/mol. The fourth-order valence-electron chi connectivity index (χ4n) is 1.35.